The normalized spacial score (nSPS) is 16.9. The van der Waals surface area contributed by atoms with Crippen molar-refractivity contribution in [1.29, 1.82) is 0 Å². The minimum Gasteiger partial charge on any atom is -0.351 e. The first-order chi connectivity index (χ1) is 14.1. The van der Waals surface area contributed by atoms with Crippen molar-refractivity contribution in [3.05, 3.63) is 48.0 Å². The first-order valence-electron chi connectivity index (χ1n) is 9.71. The molecule has 0 radical (unpaired) electrons. The minimum absolute atomic E-state index is 0.00233. The summed E-state index contributed by atoms with van der Waals surface area (Å²) in [5.74, 6) is 1.19. The van der Waals surface area contributed by atoms with E-state index in [0.29, 0.717) is 36.2 Å². The molecule has 1 atom stereocenters. The molecule has 0 unspecified atom stereocenters. The Hall–Kier alpha value is -3.49. The van der Waals surface area contributed by atoms with Gasteiger partial charge in [-0.3, -0.25) is 4.79 Å². The second-order valence-electron chi connectivity index (χ2n) is 7.66. The molecule has 0 aliphatic carbocycles. The molecule has 5 rings (SSSR count). The van der Waals surface area contributed by atoms with Gasteiger partial charge in [-0.15, -0.1) is 5.10 Å². The number of H-pyrrole nitrogens is 1. The van der Waals surface area contributed by atoms with Crippen LogP contribution in [0.2, 0.25) is 0 Å². The molecule has 0 saturated carbocycles. The average Bonchev–Trinajstić information content (AvgIpc) is 3.52. The summed E-state index contributed by atoms with van der Waals surface area (Å²) in [4.78, 5) is 22.3. The predicted octanol–water partition coefficient (Wildman–Crippen LogP) is 3.02. The number of carbonyl (C=O) groups is 1. The lowest BCUT2D eigenvalue weighted by Crippen LogP contribution is -2.29. The Morgan fingerprint density at radius 3 is 2.97 bits per heavy atom. The van der Waals surface area contributed by atoms with Crippen molar-refractivity contribution < 1.29 is 9.32 Å². The highest BCUT2D eigenvalue weighted by Gasteiger charge is 2.30. The first-order valence-corrected chi connectivity index (χ1v) is 9.71. The SMILES string of the molecule is CC(C)c1noc(-c2cn([C@H]3CCN(C(=O)c4cc5ccccc5[nH]4)C3)nn2)n1. The third-order valence-electron chi connectivity index (χ3n) is 5.27. The molecule has 1 aromatic carbocycles. The predicted molar refractivity (Wildman–Crippen MR) is 105 cm³/mol. The third-order valence-corrected chi connectivity index (χ3v) is 5.27. The summed E-state index contributed by atoms with van der Waals surface area (Å²) in [6.45, 7) is 5.26. The molecule has 29 heavy (non-hydrogen) atoms. The van der Waals surface area contributed by atoms with Crippen molar-refractivity contribution in [2.24, 2.45) is 0 Å². The number of hydrogen-bond donors (Lipinski definition) is 1. The van der Waals surface area contributed by atoms with Gasteiger partial charge in [0.25, 0.3) is 11.8 Å². The van der Waals surface area contributed by atoms with E-state index >= 15 is 0 Å². The number of benzene rings is 1. The van der Waals surface area contributed by atoms with Crippen molar-refractivity contribution in [1.82, 2.24) is 35.0 Å². The van der Waals surface area contributed by atoms with Crippen LogP contribution in [0.5, 0.6) is 0 Å². The van der Waals surface area contributed by atoms with Gasteiger partial charge in [-0.2, -0.15) is 4.98 Å². The Kier molecular flexibility index (Phi) is 4.15. The van der Waals surface area contributed by atoms with Crippen molar-refractivity contribution in [3.8, 4) is 11.6 Å². The lowest BCUT2D eigenvalue weighted by atomic mass is 10.2. The number of nitrogens with zero attached hydrogens (tertiary/aromatic N) is 6. The summed E-state index contributed by atoms with van der Waals surface area (Å²) < 4.78 is 7.07. The van der Waals surface area contributed by atoms with Gasteiger partial charge in [0.05, 0.1) is 12.2 Å². The number of aromatic nitrogens is 6. The van der Waals surface area contributed by atoms with E-state index in [1.54, 1.807) is 10.9 Å². The second-order valence-corrected chi connectivity index (χ2v) is 7.66. The van der Waals surface area contributed by atoms with Crippen molar-refractivity contribution in [3.63, 3.8) is 0 Å². The molecule has 4 heterocycles. The molecular formula is C20H21N7O2. The first kappa shape index (κ1) is 17.6. The van der Waals surface area contributed by atoms with Crippen molar-refractivity contribution in [2.45, 2.75) is 32.2 Å². The standard InChI is InChI=1S/C20H21N7O2/c1-12(2)18-22-19(29-24-18)17-11-27(25-23-17)14-7-8-26(10-14)20(28)16-9-13-5-3-4-6-15(13)21-16/h3-6,9,11-12,14,21H,7-8,10H2,1-2H3/t14-/m0/s1. The van der Waals surface area contributed by atoms with Crippen LogP contribution in [0.4, 0.5) is 0 Å². The fraction of sp³-hybridized carbons (Fsp3) is 0.350. The summed E-state index contributed by atoms with van der Waals surface area (Å²) in [5.41, 5.74) is 2.12. The zero-order chi connectivity index (χ0) is 20.0. The Bertz CT molecular complexity index is 1140. The number of carbonyl (C=O) groups excluding carboxylic acids is 1. The van der Waals surface area contributed by atoms with Gasteiger partial charge >= 0.3 is 0 Å². The fourth-order valence-electron chi connectivity index (χ4n) is 3.63. The van der Waals surface area contributed by atoms with E-state index in [1.165, 1.54) is 0 Å². The van der Waals surface area contributed by atoms with Gasteiger partial charge in [0, 0.05) is 29.9 Å². The van der Waals surface area contributed by atoms with Gasteiger partial charge in [0.2, 0.25) is 0 Å². The van der Waals surface area contributed by atoms with Gasteiger partial charge in [-0.1, -0.05) is 42.4 Å². The number of hydrogen-bond acceptors (Lipinski definition) is 6. The Labute approximate surface area is 166 Å². The van der Waals surface area contributed by atoms with E-state index in [-0.39, 0.29) is 17.9 Å². The quantitative estimate of drug-likeness (QED) is 0.573. The number of para-hydroxylation sites is 1. The zero-order valence-electron chi connectivity index (χ0n) is 16.2. The van der Waals surface area contributed by atoms with E-state index < -0.39 is 0 Å². The van der Waals surface area contributed by atoms with Crippen LogP contribution in [0.1, 0.15) is 48.5 Å². The third kappa shape index (κ3) is 3.18. The van der Waals surface area contributed by atoms with Gasteiger partial charge in [-0.25, -0.2) is 4.68 Å². The highest BCUT2D eigenvalue weighted by atomic mass is 16.5. The summed E-state index contributed by atoms with van der Waals surface area (Å²) in [7, 11) is 0. The van der Waals surface area contributed by atoms with E-state index in [9.17, 15) is 4.79 Å². The lowest BCUT2D eigenvalue weighted by Gasteiger charge is -2.15. The molecule has 3 aromatic heterocycles. The number of fused-ring (bicyclic) bond motifs is 1. The molecule has 9 heteroatoms. The maximum Gasteiger partial charge on any atom is 0.280 e. The molecule has 1 N–H and O–H groups in total. The maximum atomic E-state index is 12.9. The van der Waals surface area contributed by atoms with E-state index in [1.807, 2.05) is 49.1 Å². The van der Waals surface area contributed by atoms with Crippen LogP contribution in [-0.2, 0) is 0 Å². The van der Waals surface area contributed by atoms with Gasteiger partial charge < -0.3 is 14.4 Å². The molecule has 1 aliphatic rings. The van der Waals surface area contributed by atoms with Crippen LogP contribution in [0.3, 0.4) is 0 Å². The molecule has 0 bridgehead atoms. The molecule has 9 nitrogen and oxygen atoms in total. The summed E-state index contributed by atoms with van der Waals surface area (Å²) in [5, 5.41) is 13.4. The monoisotopic (exact) mass is 391 g/mol. The number of likely N-dealkylation sites (tertiary alicyclic amines) is 1. The van der Waals surface area contributed by atoms with Gasteiger partial charge in [0.1, 0.15) is 5.69 Å². The second kappa shape index (κ2) is 6.84. The highest BCUT2D eigenvalue weighted by Crippen LogP contribution is 2.25. The van der Waals surface area contributed by atoms with Crippen molar-refractivity contribution in [2.75, 3.05) is 13.1 Å². The minimum atomic E-state index is 0.00233. The number of amides is 1. The molecule has 1 aliphatic heterocycles. The molecule has 4 aromatic rings. The number of nitrogens with one attached hydrogen (secondary N) is 1. The molecule has 148 valence electrons. The topological polar surface area (TPSA) is 106 Å². The molecule has 1 saturated heterocycles. The molecule has 0 spiro atoms. The number of rotatable bonds is 4. The van der Waals surface area contributed by atoms with Crippen LogP contribution in [-0.4, -0.2) is 54.0 Å². The fourth-order valence-corrected chi connectivity index (χ4v) is 3.63. The smallest absolute Gasteiger partial charge is 0.280 e. The Morgan fingerprint density at radius 1 is 1.31 bits per heavy atom. The van der Waals surface area contributed by atoms with Crippen LogP contribution >= 0.6 is 0 Å². The van der Waals surface area contributed by atoms with Crippen molar-refractivity contribution >= 4 is 16.8 Å². The van der Waals surface area contributed by atoms with E-state index in [4.69, 9.17) is 4.52 Å². The average molecular weight is 391 g/mol. The Balaban J connectivity index is 1.30. The van der Waals surface area contributed by atoms with Crippen LogP contribution in [0.15, 0.2) is 41.1 Å². The highest BCUT2D eigenvalue weighted by molar-refractivity contribution is 5.98. The van der Waals surface area contributed by atoms with E-state index in [0.717, 1.165) is 17.3 Å². The lowest BCUT2D eigenvalue weighted by molar-refractivity contribution is 0.0782. The van der Waals surface area contributed by atoms with Crippen LogP contribution < -0.4 is 0 Å². The maximum absolute atomic E-state index is 12.9. The molecular weight excluding hydrogens is 370 g/mol. The van der Waals surface area contributed by atoms with E-state index in [2.05, 4.69) is 25.4 Å². The molecule has 1 amide bonds. The zero-order valence-corrected chi connectivity index (χ0v) is 16.2. The summed E-state index contributed by atoms with van der Waals surface area (Å²) in [6.07, 6.45) is 2.62. The summed E-state index contributed by atoms with van der Waals surface area (Å²) in [6, 6.07) is 9.85. The van der Waals surface area contributed by atoms with Gasteiger partial charge in [0.15, 0.2) is 11.5 Å². The summed E-state index contributed by atoms with van der Waals surface area (Å²) >= 11 is 0. The van der Waals surface area contributed by atoms with Crippen LogP contribution in [0, 0.1) is 0 Å². The van der Waals surface area contributed by atoms with Crippen LogP contribution in [0.25, 0.3) is 22.5 Å². The van der Waals surface area contributed by atoms with Gasteiger partial charge in [-0.05, 0) is 18.6 Å². The Morgan fingerprint density at radius 2 is 2.17 bits per heavy atom. The largest absolute Gasteiger partial charge is 0.351 e. The number of aromatic amines is 1. The molecule has 1 fully saturated rings.